The topological polar surface area (TPSA) is 9.72 Å². The van der Waals surface area contributed by atoms with Crippen molar-refractivity contribution in [2.24, 2.45) is 0 Å². The van der Waals surface area contributed by atoms with E-state index >= 15 is 0 Å². The van der Waals surface area contributed by atoms with Crippen LogP contribution in [0.2, 0.25) is 0 Å². The summed E-state index contributed by atoms with van der Waals surface area (Å²) >= 11 is 0. The maximum atomic E-state index is 3.13. The van der Waals surface area contributed by atoms with Crippen LogP contribution >= 0.6 is 0 Å². The molecule has 3 nitrogen and oxygen atoms in total. The van der Waals surface area contributed by atoms with Crippen molar-refractivity contribution in [1.82, 2.24) is 14.7 Å². The number of hydrogen-bond acceptors (Lipinski definition) is 3. The fourth-order valence-electron chi connectivity index (χ4n) is 3.70. The van der Waals surface area contributed by atoms with Crippen molar-refractivity contribution in [2.75, 3.05) is 61.9 Å². The molecule has 7 aliphatic carbocycles. The minimum Gasteiger partial charge on any atom is -0.469 e. The van der Waals surface area contributed by atoms with Gasteiger partial charge in [-0.05, 0) is 190 Å². The van der Waals surface area contributed by atoms with Gasteiger partial charge in [0.15, 0.2) is 0 Å². The summed E-state index contributed by atoms with van der Waals surface area (Å²) in [5.41, 5.74) is 0. The van der Waals surface area contributed by atoms with Gasteiger partial charge in [-0.2, -0.15) is 17.8 Å². The smallest absolute Gasteiger partial charge is 0.469 e. The van der Waals surface area contributed by atoms with Crippen molar-refractivity contribution in [2.45, 2.75) is 0 Å². The second-order valence-electron chi connectivity index (χ2n) is 11.1. The van der Waals surface area contributed by atoms with Crippen LogP contribution in [0.1, 0.15) is 0 Å². The van der Waals surface area contributed by atoms with Gasteiger partial charge in [0.2, 0.25) is 0 Å². The summed E-state index contributed by atoms with van der Waals surface area (Å²) in [5.74, 6) is 3.79. The molecule has 7 rings (SSSR count). The minimum atomic E-state index is 0. The zero-order valence-electron chi connectivity index (χ0n) is 30.8. The fourth-order valence-corrected chi connectivity index (χ4v) is 3.70. The van der Waals surface area contributed by atoms with Gasteiger partial charge >= 0.3 is 72.9 Å². The first-order chi connectivity index (χ1) is 22.9. The molecule has 0 N–H and O–H groups in total. The SMILES string of the molecule is CN(C)C[C]1[C-][CH][CH][CH]1.CN(C)C[C]1[C-][CH][CH][CH]1.CN(C)C[C]1[C-][CH][CH][CH]1.[CH]1[CH][CH][CH][CH]1.[CH]1[CH][CH][CH][CH]1.[CH]1[CH][CH][CH][CH]1.[CH]1[CH][CH][CH][CH]1.[Fe+2].[Fe+2].[Fe+2].[Ti+4]. The molecule has 35 radical (unpaired) electrons. The quantitative estimate of drug-likeness (QED) is 0.222. The Morgan fingerprint density at radius 1 is 0.314 bits per heavy atom. The van der Waals surface area contributed by atoms with Crippen LogP contribution in [-0.4, -0.2) is 76.6 Å². The Bertz CT molecular complexity index is 484. The van der Waals surface area contributed by atoms with Crippen molar-refractivity contribution in [3.63, 3.8) is 0 Å². The first-order valence-corrected chi connectivity index (χ1v) is 15.8. The van der Waals surface area contributed by atoms with E-state index in [-0.39, 0.29) is 72.9 Å². The predicted molar refractivity (Wildman–Crippen MR) is 200 cm³/mol. The molecule has 265 valence electrons. The standard InChI is InChI=1S/3C8H11N.4C5H5.3Fe.Ti/c3*1-9(2)7-8-5-3-4-6-8;4*1-2-4-5-3-1;;;;/h3*3-5H,7H2,1-2H3;4*1-5H;;;;/q3*-1;;;;;3*+2;+4. The summed E-state index contributed by atoms with van der Waals surface area (Å²) in [6, 6.07) is 0. The van der Waals surface area contributed by atoms with Crippen LogP contribution in [0.15, 0.2) is 0 Å². The van der Waals surface area contributed by atoms with Crippen LogP contribution in [0, 0.1) is 223 Å². The molecule has 7 saturated carbocycles. The van der Waals surface area contributed by atoms with E-state index in [4.69, 9.17) is 0 Å². The van der Waals surface area contributed by atoms with Gasteiger partial charge in [0.1, 0.15) is 0 Å². The summed E-state index contributed by atoms with van der Waals surface area (Å²) in [7, 11) is 12.3. The van der Waals surface area contributed by atoms with Crippen molar-refractivity contribution in [1.29, 1.82) is 0 Å². The first kappa shape index (κ1) is 59.8. The second-order valence-corrected chi connectivity index (χ2v) is 11.1. The summed E-state index contributed by atoms with van der Waals surface area (Å²) < 4.78 is 0. The van der Waals surface area contributed by atoms with Crippen molar-refractivity contribution < 1.29 is 72.9 Å². The Balaban J connectivity index is -0.000000253. The van der Waals surface area contributed by atoms with Crippen LogP contribution in [0.3, 0.4) is 0 Å². The molecule has 0 unspecified atom stereocenters. The Morgan fingerprint density at radius 3 is 0.569 bits per heavy atom. The Kier molecular flexibility index (Phi) is 52.6. The third kappa shape index (κ3) is 43.1. The van der Waals surface area contributed by atoms with Gasteiger partial charge in [-0.1, -0.05) is 38.5 Å². The third-order valence-corrected chi connectivity index (χ3v) is 5.67. The molecule has 51 heavy (non-hydrogen) atoms. The molecule has 0 amide bonds. The van der Waals surface area contributed by atoms with Crippen LogP contribution in [0.4, 0.5) is 0 Å². The first-order valence-electron chi connectivity index (χ1n) is 15.8. The molecule has 0 heterocycles. The van der Waals surface area contributed by atoms with E-state index in [1.165, 1.54) is 17.8 Å². The maximum Gasteiger partial charge on any atom is 4.00 e. The fraction of sp³-hybridized carbons (Fsp3) is 0.205. The van der Waals surface area contributed by atoms with Crippen molar-refractivity contribution in [3.05, 3.63) is 223 Å². The van der Waals surface area contributed by atoms with E-state index in [0.29, 0.717) is 0 Å². The van der Waals surface area contributed by atoms with E-state index in [9.17, 15) is 0 Å². The summed E-state index contributed by atoms with van der Waals surface area (Å²) in [6.07, 6.45) is 67.5. The van der Waals surface area contributed by atoms with Gasteiger partial charge in [0.05, 0.1) is 0 Å². The van der Waals surface area contributed by atoms with Gasteiger partial charge in [-0.3, -0.25) is 0 Å². The zero-order chi connectivity index (χ0) is 34.2. The monoisotopic (exact) mass is 839 g/mol. The molecule has 0 aromatic rings. The molecule has 0 atom stereocenters. The van der Waals surface area contributed by atoms with E-state index in [2.05, 4.69) is 95.5 Å². The Hall–Kier alpha value is 2.15. The molecular formula is C44H53Fe3N3Ti+7. The van der Waals surface area contributed by atoms with Gasteiger partial charge in [0, 0.05) is 0 Å². The molecule has 7 fully saturated rings. The maximum absolute atomic E-state index is 3.13. The number of rotatable bonds is 6. The Labute approximate surface area is 369 Å². The zero-order valence-corrected chi connectivity index (χ0v) is 35.6. The number of hydrogen-bond donors (Lipinski definition) is 0. The molecular weight excluding hydrogens is 786 g/mol. The molecule has 7 heteroatoms. The molecule has 7 aliphatic rings. The van der Waals surface area contributed by atoms with Crippen molar-refractivity contribution in [3.8, 4) is 0 Å². The van der Waals surface area contributed by atoms with Crippen LogP contribution in [-0.2, 0) is 72.9 Å². The molecule has 0 spiro atoms. The van der Waals surface area contributed by atoms with E-state index in [1.54, 1.807) is 0 Å². The second kappa shape index (κ2) is 44.9. The van der Waals surface area contributed by atoms with Crippen LogP contribution in [0.5, 0.6) is 0 Å². The molecule has 0 bridgehead atoms. The average Bonchev–Trinajstić information content (AvgIpc) is 3.92. The summed E-state index contributed by atoms with van der Waals surface area (Å²) in [6.45, 7) is 2.98. The summed E-state index contributed by atoms with van der Waals surface area (Å²) in [5, 5.41) is 0. The van der Waals surface area contributed by atoms with Gasteiger partial charge in [-0.15, -0.1) is 0 Å². The van der Waals surface area contributed by atoms with Gasteiger partial charge in [-0.25, -0.2) is 19.3 Å². The third-order valence-electron chi connectivity index (χ3n) is 5.67. The molecule has 0 aliphatic heterocycles. The largest absolute Gasteiger partial charge is 4.00 e. The molecule has 0 aromatic heterocycles. The molecule has 0 saturated heterocycles. The Morgan fingerprint density at radius 2 is 0.471 bits per heavy atom. The van der Waals surface area contributed by atoms with E-state index in [0.717, 1.165) is 19.6 Å². The molecule has 0 aromatic carbocycles. The average molecular weight is 839 g/mol. The number of nitrogens with zero attached hydrogens (tertiary/aromatic N) is 3. The van der Waals surface area contributed by atoms with Gasteiger partial charge in [0.25, 0.3) is 0 Å². The normalized spacial score (nSPS) is 20.9. The minimum absolute atomic E-state index is 0. The van der Waals surface area contributed by atoms with E-state index < -0.39 is 0 Å². The van der Waals surface area contributed by atoms with Crippen LogP contribution < -0.4 is 0 Å². The van der Waals surface area contributed by atoms with Crippen molar-refractivity contribution >= 4 is 0 Å². The van der Waals surface area contributed by atoms with Gasteiger partial charge < -0.3 is 34.0 Å². The predicted octanol–water partition coefficient (Wildman–Crippen LogP) is 6.57. The van der Waals surface area contributed by atoms with Crippen LogP contribution in [0.25, 0.3) is 0 Å². The van der Waals surface area contributed by atoms with E-state index in [1.807, 2.05) is 167 Å². The summed E-state index contributed by atoms with van der Waals surface area (Å²) in [4.78, 5) is 6.39.